The standard InChI is InChI=1S/C14H21FN2OS/c1-19-9-5-3-2-4-8-17-14(18)12-10-11(16)6-7-13(12)15/h6-7,10H,2-5,8-9,16H2,1H3,(H,17,18). The SMILES string of the molecule is CSCCCCCCNC(=O)c1cc(N)ccc1F. The molecule has 3 nitrogen and oxygen atoms in total. The van der Waals surface area contributed by atoms with Crippen LogP contribution in [0.4, 0.5) is 10.1 Å². The van der Waals surface area contributed by atoms with Crippen LogP contribution in [0.5, 0.6) is 0 Å². The number of benzene rings is 1. The van der Waals surface area contributed by atoms with Crippen LogP contribution in [-0.4, -0.2) is 24.5 Å². The van der Waals surface area contributed by atoms with Crippen molar-refractivity contribution in [2.24, 2.45) is 0 Å². The van der Waals surface area contributed by atoms with Crippen LogP contribution in [0.1, 0.15) is 36.0 Å². The first kappa shape index (κ1) is 15.8. The number of unbranched alkanes of at least 4 members (excludes halogenated alkanes) is 3. The fourth-order valence-corrected chi connectivity index (χ4v) is 2.23. The van der Waals surface area contributed by atoms with Gasteiger partial charge in [-0.3, -0.25) is 4.79 Å². The van der Waals surface area contributed by atoms with E-state index in [1.165, 1.54) is 36.8 Å². The van der Waals surface area contributed by atoms with Crippen molar-refractivity contribution in [3.05, 3.63) is 29.6 Å². The number of amides is 1. The predicted octanol–water partition coefficient (Wildman–Crippen LogP) is 3.06. The quantitative estimate of drug-likeness (QED) is 0.570. The Kier molecular flexibility index (Phi) is 7.33. The Balaban J connectivity index is 2.26. The zero-order chi connectivity index (χ0) is 14.1. The molecule has 1 rings (SSSR count). The van der Waals surface area contributed by atoms with Crippen molar-refractivity contribution >= 4 is 23.4 Å². The van der Waals surface area contributed by atoms with E-state index in [9.17, 15) is 9.18 Å². The average molecular weight is 284 g/mol. The molecular weight excluding hydrogens is 263 g/mol. The summed E-state index contributed by atoms with van der Waals surface area (Å²) in [6, 6.07) is 4.02. The highest BCUT2D eigenvalue weighted by molar-refractivity contribution is 7.98. The molecule has 0 aromatic heterocycles. The Hall–Kier alpha value is -1.23. The molecule has 0 aliphatic rings. The predicted molar refractivity (Wildman–Crippen MR) is 80.0 cm³/mol. The highest BCUT2D eigenvalue weighted by atomic mass is 32.2. The minimum absolute atomic E-state index is 0.0161. The van der Waals surface area contributed by atoms with E-state index >= 15 is 0 Å². The van der Waals surface area contributed by atoms with Crippen LogP contribution in [0.3, 0.4) is 0 Å². The van der Waals surface area contributed by atoms with Gasteiger partial charge in [-0.2, -0.15) is 11.8 Å². The molecule has 5 heteroatoms. The number of nitrogens with two attached hydrogens (primary N) is 1. The number of anilines is 1. The normalized spacial score (nSPS) is 10.4. The molecule has 0 atom stereocenters. The summed E-state index contributed by atoms with van der Waals surface area (Å²) in [5.74, 6) is 0.251. The van der Waals surface area contributed by atoms with Crippen LogP contribution in [0.2, 0.25) is 0 Å². The van der Waals surface area contributed by atoms with Gasteiger partial charge in [0, 0.05) is 12.2 Å². The summed E-state index contributed by atoms with van der Waals surface area (Å²) in [6.07, 6.45) is 6.48. The number of carbonyl (C=O) groups excluding carboxylic acids is 1. The summed E-state index contributed by atoms with van der Waals surface area (Å²) in [5.41, 5.74) is 5.95. The van der Waals surface area contributed by atoms with Gasteiger partial charge in [-0.15, -0.1) is 0 Å². The lowest BCUT2D eigenvalue weighted by molar-refractivity contribution is 0.0949. The van der Waals surface area contributed by atoms with Gasteiger partial charge in [0.1, 0.15) is 5.82 Å². The smallest absolute Gasteiger partial charge is 0.254 e. The van der Waals surface area contributed by atoms with Crippen LogP contribution in [0, 0.1) is 5.82 Å². The van der Waals surface area contributed by atoms with Gasteiger partial charge in [0.25, 0.3) is 5.91 Å². The number of rotatable bonds is 8. The molecule has 106 valence electrons. The summed E-state index contributed by atoms with van der Waals surface area (Å²) in [5, 5.41) is 2.72. The van der Waals surface area contributed by atoms with E-state index < -0.39 is 11.7 Å². The van der Waals surface area contributed by atoms with E-state index in [0.717, 1.165) is 12.8 Å². The molecule has 1 aromatic rings. The molecule has 19 heavy (non-hydrogen) atoms. The minimum Gasteiger partial charge on any atom is -0.399 e. The Labute approximate surface area is 118 Å². The lowest BCUT2D eigenvalue weighted by Crippen LogP contribution is -2.25. The summed E-state index contributed by atoms with van der Waals surface area (Å²) < 4.78 is 13.4. The van der Waals surface area contributed by atoms with Crippen LogP contribution in [0.15, 0.2) is 18.2 Å². The molecule has 0 saturated carbocycles. The van der Waals surface area contributed by atoms with E-state index in [4.69, 9.17) is 5.73 Å². The summed E-state index contributed by atoms with van der Waals surface area (Å²) >= 11 is 1.85. The van der Waals surface area contributed by atoms with Crippen molar-refractivity contribution < 1.29 is 9.18 Å². The lowest BCUT2D eigenvalue weighted by atomic mass is 10.1. The summed E-state index contributed by atoms with van der Waals surface area (Å²) in [7, 11) is 0. The van der Waals surface area contributed by atoms with E-state index in [1.807, 2.05) is 11.8 Å². The Morgan fingerprint density at radius 1 is 1.32 bits per heavy atom. The van der Waals surface area contributed by atoms with Gasteiger partial charge in [-0.05, 0) is 43.0 Å². The first-order valence-corrected chi connectivity index (χ1v) is 7.86. The molecule has 0 radical (unpaired) electrons. The monoisotopic (exact) mass is 284 g/mol. The van der Waals surface area contributed by atoms with E-state index in [2.05, 4.69) is 11.6 Å². The van der Waals surface area contributed by atoms with Gasteiger partial charge in [0.2, 0.25) is 0 Å². The van der Waals surface area contributed by atoms with Crippen molar-refractivity contribution in [3.63, 3.8) is 0 Å². The number of nitrogen functional groups attached to an aromatic ring is 1. The molecule has 0 heterocycles. The maximum atomic E-state index is 13.4. The van der Waals surface area contributed by atoms with Crippen LogP contribution in [-0.2, 0) is 0 Å². The third kappa shape index (κ3) is 5.96. The van der Waals surface area contributed by atoms with Crippen LogP contribution < -0.4 is 11.1 Å². The molecule has 0 unspecified atom stereocenters. The van der Waals surface area contributed by atoms with Crippen molar-refractivity contribution in [2.75, 3.05) is 24.3 Å². The maximum Gasteiger partial charge on any atom is 0.254 e. The van der Waals surface area contributed by atoms with Crippen LogP contribution in [0.25, 0.3) is 0 Å². The van der Waals surface area contributed by atoms with E-state index in [1.54, 1.807) is 0 Å². The van der Waals surface area contributed by atoms with Gasteiger partial charge in [-0.25, -0.2) is 4.39 Å². The van der Waals surface area contributed by atoms with Gasteiger partial charge >= 0.3 is 0 Å². The molecular formula is C14H21FN2OS. The first-order valence-electron chi connectivity index (χ1n) is 6.47. The lowest BCUT2D eigenvalue weighted by Gasteiger charge is -2.06. The van der Waals surface area contributed by atoms with Gasteiger partial charge in [0.05, 0.1) is 5.56 Å². The Morgan fingerprint density at radius 2 is 2.05 bits per heavy atom. The van der Waals surface area contributed by atoms with Crippen molar-refractivity contribution in [2.45, 2.75) is 25.7 Å². The molecule has 0 saturated heterocycles. The molecule has 1 aromatic carbocycles. The fraction of sp³-hybridized carbons (Fsp3) is 0.500. The number of thioether (sulfide) groups is 1. The Morgan fingerprint density at radius 3 is 2.79 bits per heavy atom. The Bertz CT molecular complexity index is 412. The number of nitrogens with one attached hydrogen (secondary N) is 1. The number of hydrogen-bond donors (Lipinski definition) is 2. The molecule has 3 N–H and O–H groups in total. The molecule has 0 fully saturated rings. The van der Waals surface area contributed by atoms with Gasteiger partial charge in [0.15, 0.2) is 0 Å². The fourth-order valence-electron chi connectivity index (χ4n) is 1.74. The third-order valence-electron chi connectivity index (χ3n) is 2.80. The highest BCUT2D eigenvalue weighted by Gasteiger charge is 2.10. The van der Waals surface area contributed by atoms with Crippen molar-refractivity contribution in [1.29, 1.82) is 0 Å². The first-order chi connectivity index (χ1) is 9.15. The third-order valence-corrected chi connectivity index (χ3v) is 3.49. The molecule has 0 spiro atoms. The number of halogens is 1. The number of hydrogen-bond acceptors (Lipinski definition) is 3. The zero-order valence-electron chi connectivity index (χ0n) is 11.2. The van der Waals surface area contributed by atoms with Gasteiger partial charge in [-0.1, -0.05) is 12.8 Å². The highest BCUT2D eigenvalue weighted by Crippen LogP contribution is 2.12. The van der Waals surface area contributed by atoms with Crippen molar-refractivity contribution in [3.8, 4) is 0 Å². The minimum atomic E-state index is -0.535. The second kappa shape index (κ2) is 8.80. The van der Waals surface area contributed by atoms with E-state index in [0.29, 0.717) is 12.2 Å². The largest absolute Gasteiger partial charge is 0.399 e. The second-order valence-corrected chi connectivity index (χ2v) is 5.39. The molecule has 0 aliphatic carbocycles. The summed E-state index contributed by atoms with van der Waals surface area (Å²) in [4.78, 5) is 11.7. The van der Waals surface area contributed by atoms with Gasteiger partial charge < -0.3 is 11.1 Å². The molecule has 1 amide bonds. The average Bonchev–Trinajstić information content (AvgIpc) is 2.40. The second-order valence-electron chi connectivity index (χ2n) is 4.40. The molecule has 0 aliphatic heterocycles. The topological polar surface area (TPSA) is 55.1 Å². The number of carbonyl (C=O) groups is 1. The zero-order valence-corrected chi connectivity index (χ0v) is 12.1. The summed E-state index contributed by atoms with van der Waals surface area (Å²) in [6.45, 7) is 0.576. The maximum absolute atomic E-state index is 13.4. The van der Waals surface area contributed by atoms with Crippen LogP contribution >= 0.6 is 11.8 Å². The van der Waals surface area contributed by atoms with Crippen molar-refractivity contribution in [1.82, 2.24) is 5.32 Å². The van der Waals surface area contributed by atoms with E-state index in [-0.39, 0.29) is 5.56 Å². The molecule has 0 bridgehead atoms.